The van der Waals surface area contributed by atoms with E-state index < -0.39 is 0 Å². The lowest BCUT2D eigenvalue weighted by atomic mass is 10.2. The molecule has 0 aliphatic carbocycles. The molecule has 100 valence electrons. The third-order valence-corrected chi connectivity index (χ3v) is 2.57. The van der Waals surface area contributed by atoms with Crippen LogP contribution in [0.25, 0.3) is 0 Å². The van der Waals surface area contributed by atoms with Gasteiger partial charge in [0.15, 0.2) is 0 Å². The van der Waals surface area contributed by atoms with Gasteiger partial charge in [-0.3, -0.25) is 9.89 Å². The molecule has 0 atom stereocenters. The van der Waals surface area contributed by atoms with Crippen molar-refractivity contribution in [2.75, 3.05) is 5.32 Å². The quantitative estimate of drug-likeness (QED) is 0.887. The Bertz CT molecular complexity index is 576. The van der Waals surface area contributed by atoms with Crippen molar-refractivity contribution in [3.8, 4) is 5.75 Å². The van der Waals surface area contributed by atoms with E-state index in [9.17, 15) is 4.79 Å². The lowest BCUT2D eigenvalue weighted by molar-refractivity contribution is 0.102. The summed E-state index contributed by atoms with van der Waals surface area (Å²) >= 11 is 0. The molecule has 0 bridgehead atoms. The average molecular weight is 259 g/mol. The number of nitrogens with zero attached hydrogens (tertiary/aromatic N) is 1. The van der Waals surface area contributed by atoms with Gasteiger partial charge in [0.2, 0.25) is 0 Å². The number of nitrogens with one attached hydrogen (secondary N) is 2. The number of hydrogen-bond acceptors (Lipinski definition) is 3. The Hall–Kier alpha value is -2.30. The molecule has 1 aromatic carbocycles. The van der Waals surface area contributed by atoms with Crippen LogP contribution in [0.2, 0.25) is 0 Å². The Morgan fingerprint density at radius 1 is 1.37 bits per heavy atom. The largest absolute Gasteiger partial charge is 0.489 e. The number of aryl methyl sites for hydroxylation is 1. The molecule has 0 fully saturated rings. The zero-order valence-electron chi connectivity index (χ0n) is 11.2. The van der Waals surface area contributed by atoms with Crippen LogP contribution in [0.3, 0.4) is 0 Å². The Balaban J connectivity index is 2.19. The number of aromatic amines is 1. The number of amides is 1. The molecule has 1 amide bonds. The summed E-state index contributed by atoms with van der Waals surface area (Å²) in [5.41, 5.74) is 1.92. The average Bonchev–Trinajstić information content (AvgIpc) is 2.77. The first-order valence-electron chi connectivity index (χ1n) is 6.15. The number of anilines is 1. The van der Waals surface area contributed by atoms with E-state index in [4.69, 9.17) is 4.74 Å². The first-order chi connectivity index (χ1) is 9.08. The minimum Gasteiger partial charge on any atom is -0.489 e. The second-order valence-electron chi connectivity index (χ2n) is 4.53. The molecule has 0 saturated carbocycles. The van der Waals surface area contributed by atoms with Crippen LogP contribution >= 0.6 is 0 Å². The summed E-state index contributed by atoms with van der Waals surface area (Å²) in [6.07, 6.45) is 1.56. The molecule has 0 aliphatic rings. The Morgan fingerprint density at radius 3 is 2.74 bits per heavy atom. The molecule has 0 radical (unpaired) electrons. The monoisotopic (exact) mass is 259 g/mol. The topological polar surface area (TPSA) is 67.0 Å². The summed E-state index contributed by atoms with van der Waals surface area (Å²) in [5.74, 6) is 0.457. The Labute approximate surface area is 112 Å². The van der Waals surface area contributed by atoms with Crippen LogP contribution in [0.4, 0.5) is 5.69 Å². The molecule has 0 spiro atoms. The molecule has 5 nitrogen and oxygen atoms in total. The molecule has 0 aliphatic heterocycles. The summed E-state index contributed by atoms with van der Waals surface area (Å²) < 4.78 is 5.66. The highest BCUT2D eigenvalue weighted by Crippen LogP contribution is 2.25. The van der Waals surface area contributed by atoms with Crippen LogP contribution < -0.4 is 10.1 Å². The van der Waals surface area contributed by atoms with E-state index >= 15 is 0 Å². The maximum Gasteiger partial charge on any atom is 0.259 e. The molecule has 2 aromatic rings. The van der Waals surface area contributed by atoms with Gasteiger partial charge in [-0.2, -0.15) is 5.10 Å². The SMILES string of the molecule is Cc1[nH]ncc1C(=O)Nc1ccccc1OC(C)C. The van der Waals surface area contributed by atoms with Gasteiger partial charge in [-0.1, -0.05) is 12.1 Å². The smallest absolute Gasteiger partial charge is 0.259 e. The molecule has 2 rings (SSSR count). The van der Waals surface area contributed by atoms with Gasteiger partial charge in [-0.05, 0) is 32.9 Å². The van der Waals surface area contributed by atoms with E-state index in [0.29, 0.717) is 17.0 Å². The second-order valence-corrected chi connectivity index (χ2v) is 4.53. The van der Waals surface area contributed by atoms with Gasteiger partial charge in [-0.15, -0.1) is 0 Å². The van der Waals surface area contributed by atoms with Crippen LogP contribution in [0, 0.1) is 6.92 Å². The highest BCUT2D eigenvalue weighted by Gasteiger charge is 2.13. The molecule has 1 heterocycles. The van der Waals surface area contributed by atoms with Crippen LogP contribution in [-0.2, 0) is 0 Å². The molecule has 0 unspecified atom stereocenters. The van der Waals surface area contributed by atoms with Crippen molar-refractivity contribution in [3.63, 3.8) is 0 Å². The number of H-pyrrole nitrogens is 1. The van der Waals surface area contributed by atoms with Crippen molar-refractivity contribution in [2.45, 2.75) is 26.9 Å². The van der Waals surface area contributed by atoms with Crippen LogP contribution in [0.5, 0.6) is 5.75 Å². The summed E-state index contributed by atoms with van der Waals surface area (Å²) in [4.78, 5) is 12.1. The third kappa shape index (κ3) is 3.13. The fraction of sp³-hybridized carbons (Fsp3) is 0.286. The van der Waals surface area contributed by atoms with Gasteiger partial charge in [0.05, 0.1) is 23.6 Å². The number of ether oxygens (including phenoxy) is 1. The van der Waals surface area contributed by atoms with Gasteiger partial charge >= 0.3 is 0 Å². The standard InChI is InChI=1S/C14H17N3O2/c1-9(2)19-13-7-5-4-6-12(13)16-14(18)11-8-15-17-10(11)3/h4-9H,1-3H3,(H,15,17)(H,16,18). The summed E-state index contributed by atoms with van der Waals surface area (Å²) in [5, 5.41) is 9.41. The zero-order valence-corrected chi connectivity index (χ0v) is 11.2. The van der Waals surface area contributed by atoms with Crippen molar-refractivity contribution in [2.24, 2.45) is 0 Å². The third-order valence-electron chi connectivity index (χ3n) is 2.57. The predicted molar refractivity (Wildman–Crippen MR) is 73.5 cm³/mol. The minimum absolute atomic E-state index is 0.0497. The molecule has 5 heteroatoms. The van der Waals surface area contributed by atoms with Crippen LogP contribution in [-0.4, -0.2) is 22.2 Å². The predicted octanol–water partition coefficient (Wildman–Crippen LogP) is 2.76. The molecule has 19 heavy (non-hydrogen) atoms. The summed E-state index contributed by atoms with van der Waals surface area (Å²) in [6.45, 7) is 5.69. The first kappa shape index (κ1) is 13.1. The number of carbonyl (C=O) groups excluding carboxylic acids is 1. The maximum absolute atomic E-state index is 12.1. The molecule has 2 N–H and O–H groups in total. The number of aromatic nitrogens is 2. The summed E-state index contributed by atoms with van der Waals surface area (Å²) in [7, 11) is 0. The normalized spacial score (nSPS) is 10.5. The van der Waals surface area contributed by atoms with Gasteiger partial charge in [0.25, 0.3) is 5.91 Å². The molecule has 0 saturated heterocycles. The van der Waals surface area contributed by atoms with Crippen molar-refractivity contribution in [3.05, 3.63) is 41.7 Å². The molecular formula is C14H17N3O2. The Kier molecular flexibility index (Phi) is 3.85. The van der Waals surface area contributed by atoms with Crippen molar-refractivity contribution < 1.29 is 9.53 Å². The van der Waals surface area contributed by atoms with Crippen molar-refractivity contribution >= 4 is 11.6 Å². The van der Waals surface area contributed by atoms with E-state index in [2.05, 4.69) is 15.5 Å². The highest BCUT2D eigenvalue weighted by molar-refractivity contribution is 6.05. The lowest BCUT2D eigenvalue weighted by Gasteiger charge is -2.14. The first-order valence-corrected chi connectivity index (χ1v) is 6.15. The van der Waals surface area contributed by atoms with Gasteiger partial charge in [-0.25, -0.2) is 0 Å². The zero-order chi connectivity index (χ0) is 13.8. The number of carbonyl (C=O) groups is 1. The Morgan fingerprint density at radius 2 is 2.11 bits per heavy atom. The van der Waals surface area contributed by atoms with Crippen molar-refractivity contribution in [1.82, 2.24) is 10.2 Å². The highest BCUT2D eigenvalue weighted by atomic mass is 16.5. The van der Waals surface area contributed by atoms with Crippen LogP contribution in [0.1, 0.15) is 29.9 Å². The van der Waals surface area contributed by atoms with Crippen molar-refractivity contribution in [1.29, 1.82) is 0 Å². The van der Waals surface area contributed by atoms with E-state index in [0.717, 1.165) is 5.69 Å². The number of hydrogen-bond donors (Lipinski definition) is 2. The maximum atomic E-state index is 12.1. The second kappa shape index (κ2) is 5.56. The van der Waals surface area contributed by atoms with Gasteiger partial charge in [0, 0.05) is 5.69 Å². The summed E-state index contributed by atoms with van der Waals surface area (Å²) in [6, 6.07) is 7.37. The van der Waals surface area contributed by atoms with Crippen LogP contribution in [0.15, 0.2) is 30.5 Å². The molecular weight excluding hydrogens is 242 g/mol. The number of para-hydroxylation sites is 2. The van der Waals surface area contributed by atoms with E-state index in [-0.39, 0.29) is 12.0 Å². The fourth-order valence-corrected chi connectivity index (χ4v) is 1.70. The minimum atomic E-state index is -0.203. The number of benzene rings is 1. The van der Waals surface area contributed by atoms with E-state index in [1.807, 2.05) is 38.1 Å². The lowest BCUT2D eigenvalue weighted by Crippen LogP contribution is -2.14. The number of rotatable bonds is 4. The molecule has 1 aromatic heterocycles. The van der Waals surface area contributed by atoms with Gasteiger partial charge < -0.3 is 10.1 Å². The van der Waals surface area contributed by atoms with E-state index in [1.54, 1.807) is 6.92 Å². The van der Waals surface area contributed by atoms with E-state index in [1.165, 1.54) is 6.20 Å². The van der Waals surface area contributed by atoms with Gasteiger partial charge in [0.1, 0.15) is 5.75 Å². The fourth-order valence-electron chi connectivity index (χ4n) is 1.70.